The first-order chi connectivity index (χ1) is 10.3. The lowest BCUT2D eigenvalue weighted by molar-refractivity contribution is 0.00305. The summed E-state index contributed by atoms with van der Waals surface area (Å²) < 4.78 is 5.50. The quantitative estimate of drug-likeness (QED) is 0.799. The minimum Gasteiger partial charge on any atom is -0.466 e. The normalized spacial score (nSPS) is 26.5. The first-order valence-corrected chi connectivity index (χ1v) is 8.11. The predicted octanol–water partition coefficient (Wildman–Crippen LogP) is 3.20. The molecule has 0 radical (unpaired) electrons. The van der Waals surface area contributed by atoms with Crippen LogP contribution in [0.15, 0.2) is 10.5 Å². The molecule has 1 aliphatic rings. The molecule has 3 unspecified atom stereocenters. The Morgan fingerprint density at radius 1 is 1.50 bits per heavy atom. The lowest BCUT2D eigenvalue weighted by Gasteiger charge is -2.38. The average molecular weight is 308 g/mol. The van der Waals surface area contributed by atoms with E-state index in [1.807, 2.05) is 33.8 Å². The third-order valence-electron chi connectivity index (χ3n) is 4.83. The Hall–Kier alpha value is -1.49. The van der Waals surface area contributed by atoms with Crippen LogP contribution in [0.3, 0.4) is 0 Å². The molecular weight excluding hydrogens is 280 g/mol. The highest BCUT2D eigenvalue weighted by Gasteiger charge is 2.35. The van der Waals surface area contributed by atoms with Gasteiger partial charge in [0.25, 0.3) is 0 Å². The van der Waals surface area contributed by atoms with Gasteiger partial charge in [-0.2, -0.15) is 0 Å². The maximum Gasteiger partial charge on any atom is 0.315 e. The van der Waals surface area contributed by atoms with Gasteiger partial charge in [-0.3, -0.25) is 0 Å². The molecule has 22 heavy (non-hydrogen) atoms. The maximum atomic E-state index is 12.1. The van der Waals surface area contributed by atoms with E-state index >= 15 is 0 Å². The molecule has 1 heterocycles. The van der Waals surface area contributed by atoms with Gasteiger partial charge in [-0.15, -0.1) is 0 Å². The van der Waals surface area contributed by atoms with Crippen LogP contribution in [-0.4, -0.2) is 23.8 Å². The van der Waals surface area contributed by atoms with Crippen molar-refractivity contribution in [3.05, 3.63) is 23.2 Å². The van der Waals surface area contributed by atoms with Crippen molar-refractivity contribution < 1.29 is 14.3 Å². The largest absolute Gasteiger partial charge is 0.466 e. The number of aliphatic hydroxyl groups is 1. The molecular formula is C17H28N2O3. The average Bonchev–Trinajstić information content (AvgIpc) is 2.79. The highest BCUT2D eigenvalue weighted by molar-refractivity contribution is 5.74. The number of hydrogen-bond acceptors (Lipinski definition) is 3. The Bertz CT molecular complexity index is 526. The van der Waals surface area contributed by atoms with E-state index in [4.69, 9.17) is 4.42 Å². The van der Waals surface area contributed by atoms with Crippen LogP contribution in [0.25, 0.3) is 0 Å². The van der Waals surface area contributed by atoms with Crippen molar-refractivity contribution in [2.75, 3.05) is 6.54 Å². The molecule has 5 nitrogen and oxygen atoms in total. The van der Waals surface area contributed by atoms with Crippen molar-refractivity contribution in [1.82, 2.24) is 10.6 Å². The smallest absolute Gasteiger partial charge is 0.315 e. The van der Waals surface area contributed by atoms with Crippen LogP contribution in [0.5, 0.6) is 0 Å². The molecule has 3 N–H and O–H groups in total. The molecule has 1 saturated carbocycles. The second kappa shape index (κ2) is 6.73. The minimum atomic E-state index is -0.335. The van der Waals surface area contributed by atoms with Gasteiger partial charge < -0.3 is 20.2 Å². The summed E-state index contributed by atoms with van der Waals surface area (Å²) in [6, 6.07) is 1.64. The molecule has 1 aliphatic carbocycles. The number of amides is 2. The van der Waals surface area contributed by atoms with E-state index in [1.54, 1.807) is 0 Å². The Morgan fingerprint density at radius 2 is 2.23 bits per heavy atom. The molecule has 0 aliphatic heterocycles. The first-order valence-electron chi connectivity index (χ1n) is 8.11. The van der Waals surface area contributed by atoms with Crippen molar-refractivity contribution in [1.29, 1.82) is 0 Å². The lowest BCUT2D eigenvalue weighted by atomic mass is 9.73. The van der Waals surface area contributed by atoms with Gasteiger partial charge in [-0.05, 0) is 39.7 Å². The van der Waals surface area contributed by atoms with Crippen LogP contribution >= 0.6 is 0 Å². The Labute approximate surface area is 132 Å². The number of rotatable bonds is 4. The van der Waals surface area contributed by atoms with Gasteiger partial charge in [-0.1, -0.05) is 19.8 Å². The zero-order valence-electron chi connectivity index (χ0n) is 14.0. The summed E-state index contributed by atoms with van der Waals surface area (Å²) in [6.45, 7) is 8.28. The Kier molecular flexibility index (Phi) is 5.16. The first kappa shape index (κ1) is 16.9. The van der Waals surface area contributed by atoms with Gasteiger partial charge >= 0.3 is 6.03 Å². The number of furan rings is 1. The van der Waals surface area contributed by atoms with E-state index in [2.05, 4.69) is 10.6 Å². The molecule has 0 aromatic carbocycles. The standard InChI is InChI=1S/C17H28N2O3/c1-11-9-14(13(3)22-11)12(2)19-16(21)18-10-17(4)8-6-5-7-15(17)20/h9,12,15,20H,5-8,10H2,1-4H3,(H2,18,19,21). The molecule has 0 bridgehead atoms. The van der Waals surface area contributed by atoms with Gasteiger partial charge in [0.1, 0.15) is 11.5 Å². The van der Waals surface area contributed by atoms with Gasteiger partial charge in [0.2, 0.25) is 0 Å². The van der Waals surface area contributed by atoms with Crippen LogP contribution in [0.4, 0.5) is 4.79 Å². The zero-order valence-corrected chi connectivity index (χ0v) is 14.0. The lowest BCUT2D eigenvalue weighted by Crippen LogP contribution is -2.48. The molecule has 124 valence electrons. The van der Waals surface area contributed by atoms with Gasteiger partial charge in [0.15, 0.2) is 0 Å². The second-order valence-electron chi connectivity index (χ2n) is 6.83. The molecule has 0 saturated heterocycles. The highest BCUT2D eigenvalue weighted by atomic mass is 16.3. The topological polar surface area (TPSA) is 74.5 Å². The molecule has 0 spiro atoms. The number of aliphatic hydroxyl groups excluding tert-OH is 1. The Balaban J connectivity index is 1.86. The van der Waals surface area contributed by atoms with E-state index in [9.17, 15) is 9.90 Å². The maximum absolute atomic E-state index is 12.1. The van der Waals surface area contributed by atoms with Crippen molar-refractivity contribution in [2.24, 2.45) is 5.41 Å². The van der Waals surface area contributed by atoms with Crippen LogP contribution < -0.4 is 10.6 Å². The van der Waals surface area contributed by atoms with Crippen molar-refractivity contribution in [2.45, 2.75) is 65.5 Å². The predicted molar refractivity (Wildman–Crippen MR) is 85.7 cm³/mol. The summed E-state index contributed by atoms with van der Waals surface area (Å²) in [5, 5.41) is 16.0. The minimum absolute atomic E-state index is 0.110. The highest BCUT2D eigenvalue weighted by Crippen LogP contribution is 2.35. The van der Waals surface area contributed by atoms with E-state index in [0.717, 1.165) is 42.8 Å². The Morgan fingerprint density at radius 3 is 2.82 bits per heavy atom. The molecule has 1 fully saturated rings. The van der Waals surface area contributed by atoms with Crippen molar-refractivity contribution in [3.8, 4) is 0 Å². The number of aryl methyl sites for hydroxylation is 2. The third kappa shape index (κ3) is 3.83. The van der Waals surface area contributed by atoms with Gasteiger partial charge in [-0.25, -0.2) is 4.79 Å². The fourth-order valence-corrected chi connectivity index (χ4v) is 3.28. The van der Waals surface area contributed by atoms with Crippen LogP contribution in [0, 0.1) is 19.3 Å². The summed E-state index contributed by atoms with van der Waals surface area (Å²) in [7, 11) is 0. The van der Waals surface area contributed by atoms with Gasteiger partial charge in [0, 0.05) is 17.5 Å². The molecule has 2 amide bonds. The third-order valence-corrected chi connectivity index (χ3v) is 4.83. The second-order valence-corrected chi connectivity index (χ2v) is 6.83. The number of carbonyl (C=O) groups is 1. The van der Waals surface area contributed by atoms with Crippen LogP contribution in [0.2, 0.25) is 0 Å². The summed E-state index contributed by atoms with van der Waals surface area (Å²) in [5.41, 5.74) is 0.776. The fourth-order valence-electron chi connectivity index (χ4n) is 3.28. The van der Waals surface area contributed by atoms with E-state index in [0.29, 0.717) is 6.54 Å². The van der Waals surface area contributed by atoms with Crippen molar-refractivity contribution >= 4 is 6.03 Å². The zero-order chi connectivity index (χ0) is 16.3. The van der Waals surface area contributed by atoms with E-state index in [-0.39, 0.29) is 23.6 Å². The van der Waals surface area contributed by atoms with Crippen LogP contribution in [0.1, 0.15) is 62.7 Å². The van der Waals surface area contributed by atoms with Crippen LogP contribution in [-0.2, 0) is 0 Å². The molecule has 3 atom stereocenters. The molecule has 1 aromatic heterocycles. The fraction of sp³-hybridized carbons (Fsp3) is 0.706. The number of urea groups is 1. The molecule has 1 aromatic rings. The van der Waals surface area contributed by atoms with E-state index < -0.39 is 0 Å². The van der Waals surface area contributed by atoms with E-state index in [1.165, 1.54) is 0 Å². The molecule has 5 heteroatoms. The van der Waals surface area contributed by atoms with Gasteiger partial charge in [0.05, 0.1) is 12.1 Å². The SMILES string of the molecule is Cc1cc(C(C)NC(=O)NCC2(C)CCCCC2O)c(C)o1. The number of hydrogen-bond donors (Lipinski definition) is 3. The summed E-state index contributed by atoms with van der Waals surface area (Å²) in [6.07, 6.45) is 3.62. The summed E-state index contributed by atoms with van der Waals surface area (Å²) in [4.78, 5) is 12.1. The summed E-state index contributed by atoms with van der Waals surface area (Å²) >= 11 is 0. The van der Waals surface area contributed by atoms with Crippen molar-refractivity contribution in [3.63, 3.8) is 0 Å². The number of nitrogens with one attached hydrogen (secondary N) is 2. The number of carbonyl (C=O) groups excluding carboxylic acids is 1. The summed E-state index contributed by atoms with van der Waals surface area (Å²) in [5.74, 6) is 1.68. The monoisotopic (exact) mass is 308 g/mol. The molecule has 2 rings (SSSR count).